The molecule has 246 valence electrons. The second kappa shape index (κ2) is 15.1. The smallest absolute Gasteiger partial charge is 0.419 e. The molecule has 3 aromatic rings. The number of ether oxygens (including phenoxy) is 3. The summed E-state index contributed by atoms with van der Waals surface area (Å²) in [4.78, 5) is 28.2. The minimum atomic E-state index is -2.30. The van der Waals surface area contributed by atoms with E-state index in [0.717, 1.165) is 33.5 Å². The number of nitrogens with one attached hydrogen (secondary N) is 1. The lowest BCUT2D eigenvalue weighted by Gasteiger charge is -2.34. The lowest BCUT2D eigenvalue weighted by molar-refractivity contribution is 0.0536. The van der Waals surface area contributed by atoms with Crippen LogP contribution in [0, 0.1) is 6.92 Å². The van der Waals surface area contributed by atoms with E-state index in [-0.39, 0.29) is 12.5 Å². The van der Waals surface area contributed by atoms with Crippen LogP contribution in [0.3, 0.4) is 0 Å². The summed E-state index contributed by atoms with van der Waals surface area (Å²) >= 11 is 0. The Bertz CT molecular complexity index is 1460. The van der Waals surface area contributed by atoms with Crippen LogP contribution in [0.2, 0.25) is 0 Å². The molecule has 1 saturated carbocycles. The van der Waals surface area contributed by atoms with Gasteiger partial charge in [-0.2, -0.15) is 0 Å². The molecule has 0 unspecified atom stereocenters. The van der Waals surface area contributed by atoms with Crippen molar-refractivity contribution < 1.29 is 32.6 Å². The number of alkyl halides is 2. The largest absolute Gasteiger partial charge is 0.496 e. The standard InChI is InChI=1S/C22H31F2N3O3.C12H15NO2/c1-15-12-18(29-5)17(13-25-8-10-26(11-9-25)14-19(23)24)16-6-7-27(20(15)16)21(28)30-22(2,3)4;1-15-12(14)10-7-2-3-8-11(10)13-9-5-4-6-9/h6-7,12,19H,8-11,13-14H2,1-5H3;2-3,7-9,13H,4-6H2,1H3. The van der Waals surface area contributed by atoms with Crippen LogP contribution in [0.1, 0.15) is 61.5 Å². The van der Waals surface area contributed by atoms with Gasteiger partial charge in [-0.15, -0.1) is 0 Å². The minimum Gasteiger partial charge on any atom is -0.496 e. The van der Waals surface area contributed by atoms with Gasteiger partial charge in [0.1, 0.15) is 11.4 Å². The van der Waals surface area contributed by atoms with Crippen molar-refractivity contribution in [2.75, 3.05) is 52.3 Å². The van der Waals surface area contributed by atoms with Crippen LogP contribution >= 0.6 is 0 Å². The predicted molar refractivity (Wildman–Crippen MR) is 172 cm³/mol. The van der Waals surface area contributed by atoms with Crippen molar-refractivity contribution in [3.05, 3.63) is 59.3 Å². The van der Waals surface area contributed by atoms with Crippen LogP contribution in [0.4, 0.5) is 19.3 Å². The van der Waals surface area contributed by atoms with Gasteiger partial charge in [0.15, 0.2) is 0 Å². The number of aromatic nitrogens is 1. The Balaban J connectivity index is 0.000000256. The number of rotatable bonds is 8. The number of fused-ring (bicyclic) bond motifs is 1. The van der Waals surface area contributed by atoms with Gasteiger partial charge < -0.3 is 19.5 Å². The zero-order chi connectivity index (χ0) is 32.7. The lowest BCUT2D eigenvalue weighted by atomic mass is 9.92. The van der Waals surface area contributed by atoms with E-state index < -0.39 is 18.1 Å². The van der Waals surface area contributed by atoms with Crippen molar-refractivity contribution in [2.45, 2.75) is 71.6 Å². The third kappa shape index (κ3) is 8.94. The van der Waals surface area contributed by atoms with Crippen LogP contribution in [0.25, 0.3) is 10.9 Å². The first-order valence-corrected chi connectivity index (χ1v) is 15.5. The van der Waals surface area contributed by atoms with Crippen LogP contribution in [0.5, 0.6) is 5.75 Å². The fraction of sp³-hybridized carbons (Fsp3) is 0.529. The number of anilines is 1. The summed E-state index contributed by atoms with van der Waals surface area (Å²) in [5.41, 5.74) is 3.62. The Kier molecular flexibility index (Phi) is 11.4. The van der Waals surface area contributed by atoms with E-state index in [9.17, 15) is 18.4 Å². The minimum absolute atomic E-state index is 0.176. The first-order chi connectivity index (χ1) is 21.4. The number of nitrogens with zero attached hydrogens (tertiary/aromatic N) is 3. The van der Waals surface area contributed by atoms with Crippen molar-refractivity contribution in [2.24, 2.45) is 0 Å². The average Bonchev–Trinajstić information content (AvgIpc) is 3.43. The quantitative estimate of drug-likeness (QED) is 0.281. The highest BCUT2D eigenvalue weighted by Gasteiger charge is 2.25. The molecule has 1 aromatic heterocycles. The van der Waals surface area contributed by atoms with Gasteiger partial charge in [0.05, 0.1) is 31.8 Å². The highest BCUT2D eigenvalue weighted by Crippen LogP contribution is 2.34. The average molecular weight is 629 g/mol. The number of halogens is 2. The molecule has 5 rings (SSSR count). The molecule has 2 aromatic carbocycles. The number of esters is 1. The van der Waals surface area contributed by atoms with Gasteiger partial charge in [0, 0.05) is 61.6 Å². The maximum atomic E-state index is 12.7. The molecule has 2 aliphatic rings. The summed E-state index contributed by atoms with van der Waals surface area (Å²) < 4.78 is 42.7. The van der Waals surface area contributed by atoms with E-state index in [0.29, 0.717) is 44.3 Å². The predicted octanol–water partition coefficient (Wildman–Crippen LogP) is 6.56. The summed E-state index contributed by atoms with van der Waals surface area (Å²) in [5.74, 6) is 0.481. The Morgan fingerprint density at radius 1 is 1.02 bits per heavy atom. The van der Waals surface area contributed by atoms with E-state index in [4.69, 9.17) is 14.2 Å². The fourth-order valence-corrected chi connectivity index (χ4v) is 5.59. The Morgan fingerprint density at radius 3 is 2.27 bits per heavy atom. The number of methoxy groups -OCH3 is 2. The van der Waals surface area contributed by atoms with Crippen LogP contribution in [0.15, 0.2) is 42.6 Å². The number of carbonyl (C=O) groups excluding carboxylic acids is 2. The Morgan fingerprint density at radius 2 is 1.69 bits per heavy atom. The Labute approximate surface area is 264 Å². The number of benzene rings is 2. The molecule has 2 heterocycles. The molecule has 45 heavy (non-hydrogen) atoms. The molecule has 11 heteroatoms. The number of hydrogen-bond acceptors (Lipinski definition) is 8. The Hall–Kier alpha value is -3.70. The molecule has 0 atom stereocenters. The molecule has 1 N–H and O–H groups in total. The van der Waals surface area contributed by atoms with E-state index in [1.165, 1.54) is 26.4 Å². The molecule has 0 amide bonds. The number of aryl methyl sites for hydroxylation is 1. The van der Waals surface area contributed by atoms with Gasteiger partial charge in [-0.05, 0) is 76.8 Å². The molecule has 1 aliphatic carbocycles. The van der Waals surface area contributed by atoms with E-state index in [1.807, 2.05) is 58.0 Å². The maximum Gasteiger partial charge on any atom is 0.419 e. The number of piperazine rings is 1. The summed E-state index contributed by atoms with van der Waals surface area (Å²) in [6, 6.07) is 11.8. The number of carbonyl (C=O) groups is 2. The molecule has 2 fully saturated rings. The molecule has 0 bridgehead atoms. The van der Waals surface area contributed by atoms with Gasteiger partial charge in [-0.25, -0.2) is 18.4 Å². The second-order valence-corrected chi connectivity index (χ2v) is 12.6. The van der Waals surface area contributed by atoms with Crippen molar-refractivity contribution in [3.63, 3.8) is 0 Å². The molecule has 1 saturated heterocycles. The van der Waals surface area contributed by atoms with Gasteiger partial charge in [-0.1, -0.05) is 12.1 Å². The van der Waals surface area contributed by atoms with Gasteiger partial charge in [0.25, 0.3) is 6.43 Å². The molecular formula is C34H46F2N4O5. The highest BCUT2D eigenvalue weighted by molar-refractivity contribution is 5.96. The molecule has 9 nitrogen and oxygen atoms in total. The zero-order valence-electron chi connectivity index (χ0n) is 27.2. The number of hydrogen-bond donors (Lipinski definition) is 1. The van der Waals surface area contributed by atoms with Gasteiger partial charge >= 0.3 is 12.1 Å². The van der Waals surface area contributed by atoms with E-state index in [1.54, 1.807) is 28.8 Å². The summed E-state index contributed by atoms with van der Waals surface area (Å²) in [6.07, 6.45) is 2.66. The number of para-hydroxylation sites is 1. The third-order valence-electron chi connectivity index (χ3n) is 8.08. The summed E-state index contributed by atoms with van der Waals surface area (Å²) in [7, 11) is 3.04. The topological polar surface area (TPSA) is 85.3 Å². The second-order valence-electron chi connectivity index (χ2n) is 12.6. The van der Waals surface area contributed by atoms with Crippen LogP contribution in [-0.4, -0.2) is 91.4 Å². The SMILES string of the molecule is COC(=O)c1ccccc1NC1CCC1.COc1cc(C)c2c(ccn2C(=O)OC(C)(C)C)c1CN1CCN(CC(F)F)CC1. The molecule has 0 radical (unpaired) electrons. The zero-order valence-corrected chi connectivity index (χ0v) is 27.2. The maximum absolute atomic E-state index is 12.7. The summed E-state index contributed by atoms with van der Waals surface area (Å²) in [5, 5.41) is 4.30. The van der Waals surface area contributed by atoms with Crippen molar-refractivity contribution in [3.8, 4) is 5.75 Å². The lowest BCUT2D eigenvalue weighted by Crippen LogP contribution is -2.47. The molecule has 0 spiro atoms. The van der Waals surface area contributed by atoms with Crippen molar-refractivity contribution in [1.29, 1.82) is 0 Å². The highest BCUT2D eigenvalue weighted by atomic mass is 19.3. The first-order valence-electron chi connectivity index (χ1n) is 15.5. The van der Waals surface area contributed by atoms with Crippen molar-refractivity contribution >= 4 is 28.7 Å². The molecular weight excluding hydrogens is 582 g/mol. The van der Waals surface area contributed by atoms with Crippen molar-refractivity contribution in [1.82, 2.24) is 14.4 Å². The van der Waals surface area contributed by atoms with Gasteiger partial charge in [0.2, 0.25) is 0 Å². The third-order valence-corrected chi connectivity index (χ3v) is 8.08. The van der Waals surface area contributed by atoms with Crippen LogP contribution < -0.4 is 10.1 Å². The fourth-order valence-electron chi connectivity index (χ4n) is 5.59. The first kappa shape index (κ1) is 34.2. The van der Waals surface area contributed by atoms with Crippen LogP contribution in [-0.2, 0) is 16.0 Å². The normalized spacial score (nSPS) is 16.1. The monoisotopic (exact) mass is 628 g/mol. The van der Waals surface area contributed by atoms with E-state index >= 15 is 0 Å². The van der Waals surface area contributed by atoms with E-state index in [2.05, 4.69) is 10.2 Å². The van der Waals surface area contributed by atoms with Gasteiger partial charge in [-0.3, -0.25) is 14.4 Å². The molecule has 1 aliphatic heterocycles. The summed E-state index contributed by atoms with van der Waals surface area (Å²) in [6.45, 7) is 10.5.